The van der Waals surface area contributed by atoms with Gasteiger partial charge in [-0.15, -0.1) is 0 Å². The Morgan fingerprint density at radius 1 is 1.26 bits per heavy atom. The monoisotopic (exact) mass is 293 g/mol. The van der Waals surface area contributed by atoms with Gasteiger partial charge >= 0.3 is 0 Å². The molecule has 0 atom stereocenters. The van der Waals surface area contributed by atoms with Crippen LogP contribution in [-0.4, -0.2) is 27.7 Å². The summed E-state index contributed by atoms with van der Waals surface area (Å²) in [5, 5.41) is 0. The molecule has 0 aromatic heterocycles. The van der Waals surface area contributed by atoms with Gasteiger partial charge in [-0.3, -0.25) is 0 Å². The SMILES string of the molecule is CC(C)OCCCNS(=O)(=O)c1c(F)cccc1F. The summed E-state index contributed by atoms with van der Waals surface area (Å²) in [5.74, 6) is -2.21. The molecule has 1 aromatic rings. The van der Waals surface area contributed by atoms with Crippen molar-refractivity contribution < 1.29 is 21.9 Å². The van der Waals surface area contributed by atoms with E-state index in [9.17, 15) is 17.2 Å². The lowest BCUT2D eigenvalue weighted by Crippen LogP contribution is -2.27. The number of sulfonamides is 1. The number of benzene rings is 1. The van der Waals surface area contributed by atoms with E-state index in [2.05, 4.69) is 4.72 Å². The maximum absolute atomic E-state index is 13.3. The van der Waals surface area contributed by atoms with E-state index in [0.717, 1.165) is 18.2 Å². The summed E-state index contributed by atoms with van der Waals surface area (Å²) < 4.78 is 57.5. The lowest BCUT2D eigenvalue weighted by molar-refractivity contribution is 0.0778. The normalized spacial score (nSPS) is 12.1. The van der Waals surface area contributed by atoms with Gasteiger partial charge in [-0.05, 0) is 32.4 Å². The van der Waals surface area contributed by atoms with Crippen LogP contribution < -0.4 is 4.72 Å². The fraction of sp³-hybridized carbons (Fsp3) is 0.500. The summed E-state index contributed by atoms with van der Waals surface area (Å²) in [6, 6.07) is 2.92. The van der Waals surface area contributed by atoms with Crippen LogP contribution in [0.25, 0.3) is 0 Å². The Kier molecular flexibility index (Phi) is 5.84. The number of ether oxygens (including phenoxy) is 1. The fourth-order valence-electron chi connectivity index (χ4n) is 1.41. The molecule has 7 heteroatoms. The van der Waals surface area contributed by atoms with Crippen LogP contribution in [0.3, 0.4) is 0 Å². The summed E-state index contributed by atoms with van der Waals surface area (Å²) in [7, 11) is -4.18. The third kappa shape index (κ3) is 4.85. The molecular formula is C12H17F2NO3S. The quantitative estimate of drug-likeness (QED) is 0.783. The van der Waals surface area contributed by atoms with Gasteiger partial charge in [0.25, 0.3) is 0 Å². The summed E-state index contributed by atoms with van der Waals surface area (Å²) in [4.78, 5) is -0.945. The lowest BCUT2D eigenvalue weighted by atomic mass is 10.3. The molecule has 0 unspecified atom stereocenters. The van der Waals surface area contributed by atoms with Gasteiger partial charge in [-0.25, -0.2) is 21.9 Å². The van der Waals surface area contributed by atoms with Crippen molar-refractivity contribution in [3.05, 3.63) is 29.8 Å². The number of rotatable bonds is 7. The van der Waals surface area contributed by atoms with E-state index in [1.807, 2.05) is 13.8 Å². The van der Waals surface area contributed by atoms with Crippen molar-refractivity contribution in [1.82, 2.24) is 4.72 Å². The van der Waals surface area contributed by atoms with Crippen molar-refractivity contribution >= 4 is 10.0 Å². The van der Waals surface area contributed by atoms with E-state index in [1.54, 1.807) is 0 Å². The second-order valence-corrected chi connectivity index (χ2v) is 5.93. The zero-order valence-corrected chi connectivity index (χ0v) is 11.6. The summed E-state index contributed by atoms with van der Waals surface area (Å²) in [5.41, 5.74) is 0. The van der Waals surface area contributed by atoms with Crippen LogP contribution in [0.1, 0.15) is 20.3 Å². The Labute approximate surface area is 111 Å². The Balaban J connectivity index is 2.62. The summed E-state index contributed by atoms with van der Waals surface area (Å²) >= 11 is 0. The highest BCUT2D eigenvalue weighted by atomic mass is 32.2. The van der Waals surface area contributed by atoms with Crippen molar-refractivity contribution in [3.8, 4) is 0 Å². The highest BCUT2D eigenvalue weighted by molar-refractivity contribution is 7.89. The van der Waals surface area contributed by atoms with Crippen LogP contribution in [0, 0.1) is 11.6 Å². The predicted molar refractivity (Wildman–Crippen MR) is 67.3 cm³/mol. The maximum Gasteiger partial charge on any atom is 0.246 e. The summed E-state index contributed by atoms with van der Waals surface area (Å²) in [6.45, 7) is 4.15. The van der Waals surface area contributed by atoms with Crippen molar-refractivity contribution in [3.63, 3.8) is 0 Å². The largest absolute Gasteiger partial charge is 0.379 e. The molecule has 0 aliphatic carbocycles. The van der Waals surface area contributed by atoms with Gasteiger partial charge in [0.2, 0.25) is 10.0 Å². The molecule has 0 bridgehead atoms. The number of hydrogen-bond donors (Lipinski definition) is 1. The topological polar surface area (TPSA) is 55.4 Å². The Bertz CT molecular complexity index is 497. The molecule has 0 spiro atoms. The standard InChI is InChI=1S/C12H17F2NO3S/c1-9(2)18-8-4-7-15-19(16,17)12-10(13)5-3-6-11(12)14/h3,5-6,9,15H,4,7-8H2,1-2H3. The van der Waals surface area contributed by atoms with E-state index < -0.39 is 26.6 Å². The van der Waals surface area contributed by atoms with E-state index in [0.29, 0.717) is 13.0 Å². The molecule has 0 radical (unpaired) electrons. The minimum atomic E-state index is -4.18. The van der Waals surface area contributed by atoms with Crippen LogP contribution in [0.4, 0.5) is 8.78 Å². The van der Waals surface area contributed by atoms with Gasteiger partial charge in [0.1, 0.15) is 11.6 Å². The molecule has 0 saturated carbocycles. The van der Waals surface area contributed by atoms with Crippen molar-refractivity contribution in [2.24, 2.45) is 0 Å². The van der Waals surface area contributed by atoms with Gasteiger partial charge in [-0.1, -0.05) is 6.07 Å². The minimum absolute atomic E-state index is 0.0561. The van der Waals surface area contributed by atoms with Crippen LogP contribution in [0.2, 0.25) is 0 Å². The van der Waals surface area contributed by atoms with Gasteiger partial charge in [-0.2, -0.15) is 0 Å². The third-order valence-corrected chi connectivity index (χ3v) is 3.76. The number of hydrogen-bond acceptors (Lipinski definition) is 3. The first kappa shape index (κ1) is 16.0. The molecule has 1 N–H and O–H groups in total. The van der Waals surface area contributed by atoms with Crippen LogP contribution >= 0.6 is 0 Å². The zero-order valence-electron chi connectivity index (χ0n) is 10.8. The van der Waals surface area contributed by atoms with Crippen LogP contribution in [-0.2, 0) is 14.8 Å². The number of nitrogens with one attached hydrogen (secondary N) is 1. The number of halogens is 2. The third-order valence-electron chi connectivity index (χ3n) is 2.25. The first-order valence-corrected chi connectivity index (χ1v) is 7.38. The van der Waals surface area contributed by atoms with Crippen LogP contribution in [0.15, 0.2) is 23.1 Å². The highest BCUT2D eigenvalue weighted by Gasteiger charge is 2.22. The van der Waals surface area contributed by atoms with E-state index >= 15 is 0 Å². The zero-order chi connectivity index (χ0) is 14.5. The molecular weight excluding hydrogens is 276 g/mol. The Morgan fingerprint density at radius 2 is 1.84 bits per heavy atom. The van der Waals surface area contributed by atoms with Gasteiger partial charge in [0.15, 0.2) is 4.90 Å². The van der Waals surface area contributed by atoms with E-state index in [4.69, 9.17) is 4.74 Å². The predicted octanol–water partition coefficient (Wildman–Crippen LogP) is 2.06. The second-order valence-electron chi connectivity index (χ2n) is 4.22. The molecule has 0 heterocycles. The Morgan fingerprint density at radius 3 is 2.37 bits per heavy atom. The van der Waals surface area contributed by atoms with Gasteiger partial charge in [0, 0.05) is 13.2 Å². The minimum Gasteiger partial charge on any atom is -0.379 e. The van der Waals surface area contributed by atoms with Crippen LogP contribution in [0.5, 0.6) is 0 Å². The molecule has 0 amide bonds. The molecule has 1 rings (SSSR count). The van der Waals surface area contributed by atoms with E-state index in [-0.39, 0.29) is 12.6 Å². The molecule has 1 aromatic carbocycles. The van der Waals surface area contributed by atoms with Gasteiger partial charge in [0.05, 0.1) is 6.10 Å². The van der Waals surface area contributed by atoms with E-state index in [1.165, 1.54) is 0 Å². The van der Waals surface area contributed by atoms with Gasteiger partial charge < -0.3 is 4.74 Å². The lowest BCUT2D eigenvalue weighted by Gasteiger charge is -2.10. The van der Waals surface area contributed by atoms with Crippen molar-refractivity contribution in [2.45, 2.75) is 31.3 Å². The van der Waals surface area contributed by atoms with Crippen molar-refractivity contribution in [2.75, 3.05) is 13.2 Å². The fourth-order valence-corrected chi connectivity index (χ4v) is 2.62. The van der Waals surface area contributed by atoms with Crippen molar-refractivity contribution in [1.29, 1.82) is 0 Å². The average molecular weight is 293 g/mol. The molecule has 19 heavy (non-hydrogen) atoms. The molecule has 0 fully saturated rings. The molecule has 0 aliphatic rings. The average Bonchev–Trinajstić information content (AvgIpc) is 2.27. The molecule has 0 saturated heterocycles. The second kappa shape index (κ2) is 6.93. The molecule has 0 aliphatic heterocycles. The summed E-state index contributed by atoms with van der Waals surface area (Å²) in [6.07, 6.45) is 0.480. The smallest absolute Gasteiger partial charge is 0.246 e. The highest BCUT2D eigenvalue weighted by Crippen LogP contribution is 2.17. The maximum atomic E-state index is 13.3. The first-order valence-electron chi connectivity index (χ1n) is 5.90. The molecule has 4 nitrogen and oxygen atoms in total. The molecule has 108 valence electrons. The first-order chi connectivity index (χ1) is 8.84. The Hall–Kier alpha value is -1.05.